The molecule has 1 saturated heterocycles. The molecule has 0 radical (unpaired) electrons. The fourth-order valence-electron chi connectivity index (χ4n) is 2.68. The van der Waals surface area contributed by atoms with E-state index in [4.69, 9.17) is 4.74 Å². The molecule has 0 unspecified atom stereocenters. The maximum Gasteiger partial charge on any atom is 0.236 e. The lowest BCUT2D eigenvalue weighted by atomic mass is 10.1. The third-order valence-electron chi connectivity index (χ3n) is 4.13. The van der Waals surface area contributed by atoms with Crippen LogP contribution in [0.15, 0.2) is 24.3 Å². The Morgan fingerprint density at radius 1 is 1.19 bits per heavy atom. The molecule has 1 atom stereocenters. The Hall–Kier alpha value is -1.55. The molecule has 0 saturated carbocycles. The lowest BCUT2D eigenvalue weighted by molar-refractivity contribution is -0.130. The Balaban J connectivity index is 1.81. The van der Waals surface area contributed by atoms with Crippen LogP contribution in [0.25, 0.3) is 0 Å². The molecule has 1 heterocycles. The fraction of sp³-hybridized carbons (Fsp3) is 0.588. The summed E-state index contributed by atoms with van der Waals surface area (Å²) in [4.78, 5) is 14.2. The zero-order valence-electron chi connectivity index (χ0n) is 13.1. The van der Waals surface area contributed by atoms with E-state index in [1.165, 1.54) is 18.4 Å². The predicted molar refractivity (Wildman–Crippen MR) is 84.5 cm³/mol. The first-order valence-electron chi connectivity index (χ1n) is 7.86. The molecule has 4 nitrogen and oxygen atoms in total. The Morgan fingerprint density at radius 2 is 1.81 bits per heavy atom. The Labute approximate surface area is 127 Å². The smallest absolute Gasteiger partial charge is 0.236 e. The van der Waals surface area contributed by atoms with Gasteiger partial charge in [-0.1, -0.05) is 25.0 Å². The molecule has 0 bridgehead atoms. The van der Waals surface area contributed by atoms with E-state index in [2.05, 4.69) is 12.2 Å². The standard InChI is InChI=1S/C17H26N2O2/c1-14(15-7-9-16(21-2)10-8-15)18-13-17(20)19-11-5-3-4-6-12-19/h7-10,14,18H,3-6,11-13H2,1-2H3/t14-/m0/s1. The normalized spacial score (nSPS) is 17.1. The Morgan fingerprint density at radius 3 is 2.38 bits per heavy atom. The van der Waals surface area contributed by atoms with Crippen molar-refractivity contribution in [2.24, 2.45) is 0 Å². The average Bonchev–Trinajstić information content (AvgIpc) is 2.81. The van der Waals surface area contributed by atoms with Gasteiger partial charge in [-0.3, -0.25) is 4.79 Å². The average molecular weight is 290 g/mol. The van der Waals surface area contributed by atoms with Gasteiger partial charge >= 0.3 is 0 Å². The molecule has 2 rings (SSSR count). The summed E-state index contributed by atoms with van der Waals surface area (Å²) in [5.41, 5.74) is 1.17. The van der Waals surface area contributed by atoms with Crippen LogP contribution in [0.1, 0.15) is 44.2 Å². The molecule has 4 heteroatoms. The Bertz CT molecular complexity index is 437. The van der Waals surface area contributed by atoms with Gasteiger partial charge < -0.3 is 15.0 Å². The number of ether oxygens (including phenoxy) is 1. The van der Waals surface area contributed by atoms with Gasteiger partial charge in [-0.15, -0.1) is 0 Å². The number of benzene rings is 1. The van der Waals surface area contributed by atoms with Crippen molar-refractivity contribution in [2.45, 2.75) is 38.6 Å². The highest BCUT2D eigenvalue weighted by atomic mass is 16.5. The number of nitrogens with zero attached hydrogens (tertiary/aromatic N) is 1. The van der Waals surface area contributed by atoms with E-state index in [0.717, 1.165) is 31.7 Å². The van der Waals surface area contributed by atoms with Crippen molar-refractivity contribution in [1.82, 2.24) is 10.2 Å². The van der Waals surface area contributed by atoms with Crippen LogP contribution in [-0.2, 0) is 4.79 Å². The van der Waals surface area contributed by atoms with Gasteiger partial charge in [-0.2, -0.15) is 0 Å². The van der Waals surface area contributed by atoms with E-state index >= 15 is 0 Å². The maximum atomic E-state index is 12.2. The molecule has 116 valence electrons. The first kappa shape index (κ1) is 15.8. The zero-order valence-corrected chi connectivity index (χ0v) is 13.1. The van der Waals surface area contributed by atoms with E-state index in [1.54, 1.807) is 7.11 Å². The fourth-order valence-corrected chi connectivity index (χ4v) is 2.68. The number of carbonyl (C=O) groups is 1. The summed E-state index contributed by atoms with van der Waals surface area (Å²) < 4.78 is 5.16. The van der Waals surface area contributed by atoms with Gasteiger partial charge in [-0.05, 0) is 37.5 Å². The number of hydrogen-bond acceptors (Lipinski definition) is 3. The molecule has 0 spiro atoms. The highest BCUT2D eigenvalue weighted by Crippen LogP contribution is 2.17. The molecule has 21 heavy (non-hydrogen) atoms. The molecule has 1 fully saturated rings. The number of carbonyl (C=O) groups excluding carboxylic acids is 1. The minimum absolute atomic E-state index is 0.159. The molecule has 1 aromatic carbocycles. The highest BCUT2D eigenvalue weighted by molar-refractivity contribution is 5.78. The van der Waals surface area contributed by atoms with Crippen molar-refractivity contribution in [2.75, 3.05) is 26.7 Å². The molecule has 1 aliphatic rings. The first-order chi connectivity index (χ1) is 10.2. The van der Waals surface area contributed by atoms with Crippen LogP contribution >= 0.6 is 0 Å². The highest BCUT2D eigenvalue weighted by Gasteiger charge is 2.16. The molecule has 0 aliphatic carbocycles. The number of hydrogen-bond donors (Lipinski definition) is 1. The number of nitrogens with one attached hydrogen (secondary N) is 1. The summed E-state index contributed by atoms with van der Waals surface area (Å²) in [6.07, 6.45) is 4.78. The molecule has 1 aromatic rings. The summed E-state index contributed by atoms with van der Waals surface area (Å²) in [6.45, 7) is 4.32. The van der Waals surface area contributed by atoms with Gasteiger partial charge in [0.25, 0.3) is 0 Å². The predicted octanol–water partition coefficient (Wildman–Crippen LogP) is 2.75. The number of likely N-dealkylation sites (tertiary alicyclic amines) is 1. The third-order valence-corrected chi connectivity index (χ3v) is 4.13. The monoisotopic (exact) mass is 290 g/mol. The van der Waals surface area contributed by atoms with Gasteiger partial charge in [0.15, 0.2) is 0 Å². The first-order valence-corrected chi connectivity index (χ1v) is 7.86. The molecule has 1 amide bonds. The number of methoxy groups -OCH3 is 1. The Kier molecular flexibility index (Phi) is 6.05. The summed E-state index contributed by atoms with van der Waals surface area (Å²) in [7, 11) is 1.66. The van der Waals surface area contributed by atoms with Crippen molar-refractivity contribution in [3.8, 4) is 5.75 Å². The van der Waals surface area contributed by atoms with E-state index < -0.39 is 0 Å². The van der Waals surface area contributed by atoms with Crippen LogP contribution in [0, 0.1) is 0 Å². The van der Waals surface area contributed by atoms with Gasteiger partial charge in [-0.25, -0.2) is 0 Å². The van der Waals surface area contributed by atoms with Crippen molar-refractivity contribution < 1.29 is 9.53 Å². The number of rotatable bonds is 5. The van der Waals surface area contributed by atoms with E-state index in [-0.39, 0.29) is 11.9 Å². The topological polar surface area (TPSA) is 41.6 Å². The summed E-state index contributed by atoms with van der Waals surface area (Å²) >= 11 is 0. The van der Waals surface area contributed by atoms with E-state index in [9.17, 15) is 4.79 Å². The van der Waals surface area contributed by atoms with Crippen molar-refractivity contribution >= 4 is 5.91 Å². The summed E-state index contributed by atoms with van der Waals surface area (Å²) in [5, 5.41) is 3.32. The van der Waals surface area contributed by atoms with Crippen molar-refractivity contribution in [3.05, 3.63) is 29.8 Å². The van der Waals surface area contributed by atoms with Crippen LogP contribution in [-0.4, -0.2) is 37.6 Å². The van der Waals surface area contributed by atoms with Crippen LogP contribution < -0.4 is 10.1 Å². The molecular weight excluding hydrogens is 264 g/mol. The molecule has 1 N–H and O–H groups in total. The maximum absolute atomic E-state index is 12.2. The summed E-state index contributed by atoms with van der Waals surface area (Å²) in [6, 6.07) is 8.13. The van der Waals surface area contributed by atoms with Crippen LogP contribution in [0.5, 0.6) is 5.75 Å². The van der Waals surface area contributed by atoms with E-state index in [1.807, 2.05) is 29.2 Å². The molecular formula is C17H26N2O2. The van der Waals surface area contributed by atoms with Gasteiger partial charge in [0, 0.05) is 19.1 Å². The second-order valence-electron chi connectivity index (χ2n) is 5.67. The lowest BCUT2D eigenvalue weighted by Gasteiger charge is -2.22. The van der Waals surface area contributed by atoms with Crippen LogP contribution in [0.4, 0.5) is 0 Å². The second-order valence-corrected chi connectivity index (χ2v) is 5.67. The third kappa shape index (κ3) is 4.74. The minimum Gasteiger partial charge on any atom is -0.497 e. The molecule has 1 aliphatic heterocycles. The zero-order chi connectivity index (χ0) is 15.1. The van der Waals surface area contributed by atoms with Crippen molar-refractivity contribution in [1.29, 1.82) is 0 Å². The molecule has 0 aromatic heterocycles. The lowest BCUT2D eigenvalue weighted by Crippen LogP contribution is -2.39. The minimum atomic E-state index is 0.159. The van der Waals surface area contributed by atoms with Gasteiger partial charge in [0.1, 0.15) is 5.75 Å². The van der Waals surface area contributed by atoms with Crippen LogP contribution in [0.2, 0.25) is 0 Å². The SMILES string of the molecule is COc1ccc([C@H](C)NCC(=O)N2CCCCCC2)cc1. The van der Waals surface area contributed by atoms with Crippen molar-refractivity contribution in [3.63, 3.8) is 0 Å². The van der Waals surface area contributed by atoms with Gasteiger partial charge in [0.2, 0.25) is 5.91 Å². The second kappa shape index (κ2) is 8.03. The number of amides is 1. The summed E-state index contributed by atoms with van der Waals surface area (Å²) in [5.74, 6) is 1.07. The van der Waals surface area contributed by atoms with E-state index in [0.29, 0.717) is 6.54 Å². The van der Waals surface area contributed by atoms with Gasteiger partial charge in [0.05, 0.1) is 13.7 Å². The quantitative estimate of drug-likeness (QED) is 0.906. The van der Waals surface area contributed by atoms with Crippen LogP contribution in [0.3, 0.4) is 0 Å². The largest absolute Gasteiger partial charge is 0.497 e.